The van der Waals surface area contributed by atoms with E-state index in [-0.39, 0.29) is 5.56 Å². The van der Waals surface area contributed by atoms with Gasteiger partial charge < -0.3 is 10.1 Å². The molecule has 0 aliphatic rings. The topological polar surface area (TPSA) is 34.1 Å². The van der Waals surface area contributed by atoms with Gasteiger partial charge in [-0.2, -0.15) is 13.2 Å². The highest BCUT2D eigenvalue weighted by Crippen LogP contribution is 2.33. The molecule has 1 N–H and O–H groups in total. The number of halogens is 3. The quantitative estimate of drug-likeness (QED) is 0.870. The van der Waals surface area contributed by atoms with E-state index in [0.717, 1.165) is 6.42 Å². The van der Waals surface area contributed by atoms with E-state index in [9.17, 15) is 13.2 Å². The lowest BCUT2D eigenvalue weighted by Crippen LogP contribution is -2.31. The van der Waals surface area contributed by atoms with Crippen molar-refractivity contribution in [2.45, 2.75) is 25.6 Å². The number of aromatic nitrogens is 1. The fourth-order valence-corrected chi connectivity index (χ4v) is 1.41. The minimum absolute atomic E-state index is 0.0496. The summed E-state index contributed by atoms with van der Waals surface area (Å²) in [4.78, 5) is 3.75. The maximum atomic E-state index is 12.7. The molecule has 0 bridgehead atoms. The van der Waals surface area contributed by atoms with Crippen molar-refractivity contribution in [2.75, 3.05) is 13.7 Å². The number of hydrogen-bond donors (Lipinski definition) is 1. The Bertz CT molecular complexity index is 355. The summed E-state index contributed by atoms with van der Waals surface area (Å²) in [5.41, 5.74) is 0.0496. The standard InChI is InChI=1S/C11H15F3N2O/c1-3-4-17-9-5-8(6-16-7-9)10(15-2)11(12,13)14/h5-7,10,15H,3-4H2,1-2H3. The van der Waals surface area contributed by atoms with E-state index in [4.69, 9.17) is 4.74 Å². The van der Waals surface area contributed by atoms with Crippen molar-refractivity contribution in [1.29, 1.82) is 0 Å². The molecule has 0 radical (unpaired) electrons. The Morgan fingerprint density at radius 1 is 1.41 bits per heavy atom. The van der Waals surface area contributed by atoms with Crippen LogP contribution in [0.15, 0.2) is 18.5 Å². The number of nitrogens with zero attached hydrogens (tertiary/aromatic N) is 1. The largest absolute Gasteiger partial charge is 0.492 e. The summed E-state index contributed by atoms with van der Waals surface area (Å²) in [5, 5.41) is 2.22. The van der Waals surface area contributed by atoms with Crippen LogP contribution in [0, 0.1) is 0 Å². The third-order valence-electron chi connectivity index (χ3n) is 2.16. The van der Waals surface area contributed by atoms with Gasteiger partial charge in [-0.05, 0) is 19.5 Å². The molecule has 0 aliphatic carbocycles. The minimum atomic E-state index is -4.35. The normalized spacial score (nSPS) is 13.5. The second-order valence-electron chi connectivity index (χ2n) is 3.57. The molecule has 17 heavy (non-hydrogen) atoms. The third-order valence-corrected chi connectivity index (χ3v) is 2.16. The molecule has 0 aromatic carbocycles. The first-order valence-electron chi connectivity index (χ1n) is 5.30. The van der Waals surface area contributed by atoms with Crippen molar-refractivity contribution in [1.82, 2.24) is 10.3 Å². The molecule has 0 fully saturated rings. The van der Waals surface area contributed by atoms with Crippen LogP contribution in [0.25, 0.3) is 0 Å². The van der Waals surface area contributed by atoms with Crippen LogP contribution in [0.1, 0.15) is 24.9 Å². The van der Waals surface area contributed by atoms with Gasteiger partial charge in [-0.1, -0.05) is 6.92 Å². The molecule has 1 aromatic rings. The predicted octanol–water partition coefficient (Wildman–Crippen LogP) is 2.69. The van der Waals surface area contributed by atoms with Crippen LogP contribution >= 0.6 is 0 Å². The summed E-state index contributed by atoms with van der Waals surface area (Å²) in [6.45, 7) is 2.38. The highest BCUT2D eigenvalue weighted by atomic mass is 19.4. The fourth-order valence-electron chi connectivity index (χ4n) is 1.41. The summed E-state index contributed by atoms with van der Waals surface area (Å²) in [7, 11) is 1.26. The molecular formula is C11H15F3N2O. The molecule has 1 aromatic heterocycles. The van der Waals surface area contributed by atoms with E-state index in [0.29, 0.717) is 12.4 Å². The second kappa shape index (κ2) is 5.86. The SMILES string of the molecule is CCCOc1cncc(C(NC)C(F)(F)F)c1. The molecule has 1 atom stereocenters. The maximum Gasteiger partial charge on any atom is 0.407 e. The molecule has 0 amide bonds. The van der Waals surface area contributed by atoms with E-state index in [1.807, 2.05) is 6.92 Å². The molecule has 0 saturated heterocycles. The molecule has 0 aliphatic heterocycles. The fraction of sp³-hybridized carbons (Fsp3) is 0.545. The van der Waals surface area contributed by atoms with Gasteiger partial charge in [0.05, 0.1) is 12.8 Å². The summed E-state index contributed by atoms with van der Waals surface area (Å²) < 4.78 is 43.2. The van der Waals surface area contributed by atoms with Crippen LogP contribution in [0.2, 0.25) is 0 Å². The Labute approximate surface area is 98.0 Å². The van der Waals surface area contributed by atoms with Crippen LogP contribution < -0.4 is 10.1 Å². The molecule has 3 nitrogen and oxygen atoms in total. The number of rotatable bonds is 5. The van der Waals surface area contributed by atoms with E-state index >= 15 is 0 Å². The summed E-state index contributed by atoms with van der Waals surface area (Å²) >= 11 is 0. The van der Waals surface area contributed by atoms with E-state index in [1.165, 1.54) is 25.5 Å². The van der Waals surface area contributed by atoms with Crippen LogP contribution in [0.5, 0.6) is 5.75 Å². The molecule has 1 rings (SSSR count). The van der Waals surface area contributed by atoms with Crippen LogP contribution in [0.3, 0.4) is 0 Å². The smallest absolute Gasteiger partial charge is 0.407 e. The zero-order chi connectivity index (χ0) is 12.9. The van der Waals surface area contributed by atoms with Gasteiger partial charge >= 0.3 is 6.18 Å². The zero-order valence-electron chi connectivity index (χ0n) is 9.71. The van der Waals surface area contributed by atoms with Crippen molar-refractivity contribution >= 4 is 0 Å². The number of pyridine rings is 1. The number of ether oxygens (including phenoxy) is 1. The lowest BCUT2D eigenvalue weighted by molar-refractivity contribution is -0.156. The van der Waals surface area contributed by atoms with E-state index < -0.39 is 12.2 Å². The predicted molar refractivity (Wildman–Crippen MR) is 57.9 cm³/mol. The number of nitrogens with one attached hydrogen (secondary N) is 1. The molecule has 0 saturated carbocycles. The van der Waals surface area contributed by atoms with Gasteiger partial charge in [0.15, 0.2) is 0 Å². The number of hydrogen-bond acceptors (Lipinski definition) is 3. The molecule has 6 heteroatoms. The van der Waals surface area contributed by atoms with Gasteiger partial charge in [-0.25, -0.2) is 0 Å². The van der Waals surface area contributed by atoms with Crippen molar-refractivity contribution < 1.29 is 17.9 Å². The molecule has 1 unspecified atom stereocenters. The Hall–Kier alpha value is -1.30. The van der Waals surface area contributed by atoms with Crippen molar-refractivity contribution in [3.8, 4) is 5.75 Å². The average Bonchev–Trinajstić information content (AvgIpc) is 2.26. The highest BCUT2D eigenvalue weighted by molar-refractivity contribution is 5.26. The third kappa shape index (κ3) is 3.89. The highest BCUT2D eigenvalue weighted by Gasteiger charge is 2.40. The average molecular weight is 248 g/mol. The van der Waals surface area contributed by atoms with Gasteiger partial charge in [0.2, 0.25) is 0 Å². The lowest BCUT2D eigenvalue weighted by Gasteiger charge is -2.20. The lowest BCUT2D eigenvalue weighted by atomic mass is 10.1. The minimum Gasteiger partial charge on any atom is -0.492 e. The van der Waals surface area contributed by atoms with E-state index in [1.54, 1.807) is 0 Å². The van der Waals surface area contributed by atoms with Gasteiger partial charge in [0, 0.05) is 11.8 Å². The van der Waals surface area contributed by atoms with Crippen LogP contribution in [-0.4, -0.2) is 24.8 Å². The van der Waals surface area contributed by atoms with Gasteiger partial charge in [-0.15, -0.1) is 0 Å². The molecular weight excluding hydrogens is 233 g/mol. The van der Waals surface area contributed by atoms with Gasteiger partial charge in [-0.3, -0.25) is 4.98 Å². The van der Waals surface area contributed by atoms with Gasteiger partial charge in [0.25, 0.3) is 0 Å². The van der Waals surface area contributed by atoms with Crippen LogP contribution in [0.4, 0.5) is 13.2 Å². The van der Waals surface area contributed by atoms with Crippen molar-refractivity contribution in [3.63, 3.8) is 0 Å². The van der Waals surface area contributed by atoms with Gasteiger partial charge in [0.1, 0.15) is 11.8 Å². The van der Waals surface area contributed by atoms with Crippen molar-refractivity contribution in [3.05, 3.63) is 24.0 Å². The maximum absolute atomic E-state index is 12.7. The monoisotopic (exact) mass is 248 g/mol. The van der Waals surface area contributed by atoms with E-state index in [2.05, 4.69) is 10.3 Å². The Kier molecular flexibility index (Phi) is 4.74. The number of alkyl halides is 3. The zero-order valence-corrected chi connectivity index (χ0v) is 9.71. The Morgan fingerprint density at radius 2 is 2.12 bits per heavy atom. The summed E-state index contributed by atoms with van der Waals surface area (Å²) in [6, 6.07) is -0.364. The second-order valence-corrected chi connectivity index (χ2v) is 3.57. The Balaban J connectivity index is 2.89. The molecule has 1 heterocycles. The molecule has 96 valence electrons. The summed E-state index contributed by atoms with van der Waals surface area (Å²) in [6.07, 6.45) is -0.964. The molecule has 0 spiro atoms. The Morgan fingerprint density at radius 3 is 2.65 bits per heavy atom. The first-order valence-corrected chi connectivity index (χ1v) is 5.30. The first kappa shape index (κ1) is 13.8. The first-order chi connectivity index (χ1) is 7.99. The van der Waals surface area contributed by atoms with Crippen molar-refractivity contribution in [2.24, 2.45) is 0 Å². The van der Waals surface area contributed by atoms with Crippen LogP contribution in [-0.2, 0) is 0 Å². The summed E-state index contributed by atoms with van der Waals surface area (Å²) in [5.74, 6) is 0.355.